The van der Waals surface area contributed by atoms with Crippen molar-refractivity contribution in [2.45, 2.75) is 39.7 Å². The predicted octanol–water partition coefficient (Wildman–Crippen LogP) is 2.24. The first-order valence-corrected chi connectivity index (χ1v) is 9.55. The molecular weight excluding hydrogens is 314 g/mol. The van der Waals surface area contributed by atoms with E-state index >= 15 is 0 Å². The van der Waals surface area contributed by atoms with Gasteiger partial charge in [0, 0.05) is 24.8 Å². The van der Waals surface area contributed by atoms with Gasteiger partial charge >= 0.3 is 6.03 Å². The van der Waals surface area contributed by atoms with Crippen LogP contribution in [0.4, 0.5) is 10.5 Å². The molecule has 1 saturated heterocycles. The van der Waals surface area contributed by atoms with E-state index in [0.717, 1.165) is 16.8 Å². The van der Waals surface area contributed by atoms with Gasteiger partial charge in [-0.3, -0.25) is 0 Å². The van der Waals surface area contributed by atoms with E-state index in [9.17, 15) is 13.2 Å². The Hall–Kier alpha value is -1.60. The van der Waals surface area contributed by atoms with Crippen LogP contribution in [0.1, 0.15) is 30.9 Å². The monoisotopic (exact) mass is 339 g/mol. The second-order valence-electron chi connectivity index (χ2n) is 5.99. The molecule has 1 heterocycles. The average molecular weight is 339 g/mol. The molecule has 6 nitrogen and oxygen atoms in total. The van der Waals surface area contributed by atoms with E-state index < -0.39 is 10.0 Å². The number of carbonyl (C=O) groups excluding carboxylic acids is 1. The maximum Gasteiger partial charge on any atom is 0.319 e. The summed E-state index contributed by atoms with van der Waals surface area (Å²) in [6, 6.07) is 5.62. The standard InChI is InChI=1S/C16H25N3O3S/c1-4-23(21,22)19-9-7-14(8-10-19)17-16(20)18-15-6-5-12(2)11-13(15)3/h5-6,11,14H,4,7-10H2,1-3H3,(H2,17,18,20). The Balaban J connectivity index is 1.85. The van der Waals surface area contributed by atoms with Crippen molar-refractivity contribution in [1.82, 2.24) is 9.62 Å². The summed E-state index contributed by atoms with van der Waals surface area (Å²) in [5.41, 5.74) is 2.96. The molecule has 0 saturated carbocycles. The third-order valence-electron chi connectivity index (χ3n) is 4.18. The topological polar surface area (TPSA) is 78.5 Å². The van der Waals surface area contributed by atoms with E-state index in [-0.39, 0.29) is 17.8 Å². The molecule has 1 aliphatic heterocycles. The van der Waals surface area contributed by atoms with Gasteiger partial charge in [0.05, 0.1) is 5.75 Å². The van der Waals surface area contributed by atoms with Crippen molar-refractivity contribution < 1.29 is 13.2 Å². The Labute approximate surface area is 138 Å². The number of hydrogen-bond acceptors (Lipinski definition) is 3. The summed E-state index contributed by atoms with van der Waals surface area (Å²) < 4.78 is 25.1. The number of piperidine rings is 1. The van der Waals surface area contributed by atoms with Crippen molar-refractivity contribution in [2.24, 2.45) is 0 Å². The van der Waals surface area contributed by atoms with Gasteiger partial charge in [-0.15, -0.1) is 0 Å². The minimum atomic E-state index is -3.13. The van der Waals surface area contributed by atoms with Gasteiger partial charge in [0.2, 0.25) is 10.0 Å². The number of amides is 2. The SMILES string of the molecule is CCS(=O)(=O)N1CCC(NC(=O)Nc2ccc(C)cc2C)CC1. The van der Waals surface area contributed by atoms with E-state index in [1.54, 1.807) is 6.92 Å². The number of carbonyl (C=O) groups is 1. The van der Waals surface area contributed by atoms with Gasteiger partial charge in [-0.25, -0.2) is 17.5 Å². The molecule has 1 aromatic rings. The Morgan fingerprint density at radius 3 is 2.48 bits per heavy atom. The highest BCUT2D eigenvalue weighted by molar-refractivity contribution is 7.89. The zero-order chi connectivity index (χ0) is 17.0. The molecule has 0 spiro atoms. The van der Waals surface area contributed by atoms with Crippen molar-refractivity contribution in [2.75, 3.05) is 24.2 Å². The minimum absolute atomic E-state index is 0.00376. The third-order valence-corrected chi connectivity index (χ3v) is 6.06. The van der Waals surface area contributed by atoms with Crippen molar-refractivity contribution in [3.63, 3.8) is 0 Å². The molecule has 0 aromatic heterocycles. The molecule has 2 amide bonds. The van der Waals surface area contributed by atoms with Gasteiger partial charge in [0.1, 0.15) is 0 Å². The lowest BCUT2D eigenvalue weighted by Gasteiger charge is -2.31. The highest BCUT2D eigenvalue weighted by atomic mass is 32.2. The van der Waals surface area contributed by atoms with Gasteiger partial charge in [0.25, 0.3) is 0 Å². The van der Waals surface area contributed by atoms with Gasteiger partial charge in [-0.05, 0) is 45.2 Å². The highest BCUT2D eigenvalue weighted by Gasteiger charge is 2.27. The molecule has 0 unspecified atom stereocenters. The third kappa shape index (κ3) is 4.68. The van der Waals surface area contributed by atoms with Crippen LogP contribution in [0.25, 0.3) is 0 Å². The van der Waals surface area contributed by atoms with Gasteiger partial charge in [-0.2, -0.15) is 0 Å². The van der Waals surface area contributed by atoms with Gasteiger partial charge in [-0.1, -0.05) is 17.7 Å². The van der Waals surface area contributed by atoms with Crippen molar-refractivity contribution in [1.29, 1.82) is 0 Å². The number of nitrogens with zero attached hydrogens (tertiary/aromatic N) is 1. The van der Waals surface area contributed by atoms with Crippen LogP contribution in [0.5, 0.6) is 0 Å². The predicted molar refractivity (Wildman–Crippen MR) is 92.1 cm³/mol. The first kappa shape index (κ1) is 17.7. The van der Waals surface area contributed by atoms with Crippen LogP contribution in [0.3, 0.4) is 0 Å². The van der Waals surface area contributed by atoms with Crippen LogP contribution in [0.2, 0.25) is 0 Å². The van der Waals surface area contributed by atoms with Gasteiger partial charge < -0.3 is 10.6 Å². The molecule has 1 fully saturated rings. The molecule has 1 aromatic carbocycles. The molecule has 1 aliphatic rings. The molecule has 23 heavy (non-hydrogen) atoms. The zero-order valence-corrected chi connectivity index (χ0v) is 14.7. The van der Waals surface area contributed by atoms with Crippen LogP contribution in [-0.2, 0) is 10.0 Å². The number of hydrogen-bond donors (Lipinski definition) is 2. The minimum Gasteiger partial charge on any atom is -0.335 e. The van der Waals surface area contributed by atoms with E-state index in [2.05, 4.69) is 10.6 Å². The summed E-state index contributed by atoms with van der Waals surface area (Å²) in [7, 11) is -3.13. The number of anilines is 1. The number of sulfonamides is 1. The van der Waals surface area contributed by atoms with E-state index in [0.29, 0.717) is 25.9 Å². The van der Waals surface area contributed by atoms with Crippen molar-refractivity contribution in [3.05, 3.63) is 29.3 Å². The van der Waals surface area contributed by atoms with Crippen LogP contribution in [0.15, 0.2) is 18.2 Å². The summed E-state index contributed by atoms with van der Waals surface area (Å²) in [6.45, 7) is 6.54. The number of benzene rings is 1. The Morgan fingerprint density at radius 2 is 1.91 bits per heavy atom. The van der Waals surface area contributed by atoms with Crippen LogP contribution < -0.4 is 10.6 Å². The second kappa shape index (κ2) is 7.31. The quantitative estimate of drug-likeness (QED) is 0.883. The van der Waals surface area contributed by atoms with Crippen LogP contribution >= 0.6 is 0 Å². The number of aryl methyl sites for hydroxylation is 2. The number of rotatable bonds is 4. The zero-order valence-electron chi connectivity index (χ0n) is 13.9. The molecule has 7 heteroatoms. The number of nitrogens with one attached hydrogen (secondary N) is 2. The van der Waals surface area contributed by atoms with Crippen LogP contribution in [0, 0.1) is 13.8 Å². The molecular formula is C16H25N3O3S. The maximum absolute atomic E-state index is 12.1. The van der Waals surface area contributed by atoms with E-state index in [1.807, 2.05) is 32.0 Å². The molecule has 0 bridgehead atoms. The van der Waals surface area contributed by atoms with E-state index in [1.165, 1.54) is 4.31 Å². The normalized spacial score (nSPS) is 17.0. The molecule has 0 radical (unpaired) electrons. The molecule has 128 valence electrons. The average Bonchev–Trinajstić information content (AvgIpc) is 2.50. The Morgan fingerprint density at radius 1 is 1.26 bits per heavy atom. The molecule has 0 atom stereocenters. The lowest BCUT2D eigenvalue weighted by atomic mass is 10.1. The smallest absolute Gasteiger partial charge is 0.319 e. The van der Waals surface area contributed by atoms with Crippen LogP contribution in [-0.4, -0.2) is 43.6 Å². The van der Waals surface area contributed by atoms with E-state index in [4.69, 9.17) is 0 Å². The summed E-state index contributed by atoms with van der Waals surface area (Å²) in [6.07, 6.45) is 1.28. The largest absolute Gasteiger partial charge is 0.335 e. The summed E-state index contributed by atoms with van der Waals surface area (Å²) in [5, 5.41) is 5.78. The first-order valence-electron chi connectivity index (χ1n) is 7.94. The molecule has 0 aliphatic carbocycles. The summed E-state index contributed by atoms with van der Waals surface area (Å²) >= 11 is 0. The van der Waals surface area contributed by atoms with Crippen molar-refractivity contribution in [3.8, 4) is 0 Å². The molecule has 2 N–H and O–H groups in total. The summed E-state index contributed by atoms with van der Waals surface area (Å²) in [4.78, 5) is 12.1. The number of urea groups is 1. The highest BCUT2D eigenvalue weighted by Crippen LogP contribution is 2.17. The van der Waals surface area contributed by atoms with Gasteiger partial charge in [0.15, 0.2) is 0 Å². The van der Waals surface area contributed by atoms with Crippen molar-refractivity contribution >= 4 is 21.7 Å². The fourth-order valence-electron chi connectivity index (χ4n) is 2.76. The molecule has 2 rings (SSSR count). The Bertz CT molecular complexity index is 665. The maximum atomic E-state index is 12.1. The first-order chi connectivity index (χ1) is 10.8. The lowest BCUT2D eigenvalue weighted by Crippen LogP contribution is -2.47. The fraction of sp³-hybridized carbons (Fsp3) is 0.562. The summed E-state index contributed by atoms with van der Waals surface area (Å²) in [5.74, 6) is 0.123. The lowest BCUT2D eigenvalue weighted by molar-refractivity contribution is 0.238. The Kier molecular flexibility index (Phi) is 5.64. The second-order valence-corrected chi connectivity index (χ2v) is 8.25. The fourth-order valence-corrected chi connectivity index (χ4v) is 3.89.